The van der Waals surface area contributed by atoms with Crippen molar-refractivity contribution in [1.82, 2.24) is 9.38 Å². The smallest absolute Gasteiger partial charge is 0.231 e. The highest BCUT2D eigenvalue weighted by Crippen LogP contribution is 2.34. The number of hydrogen-bond acceptors (Lipinski definition) is 5. The third kappa shape index (κ3) is 2.57. The molecule has 128 valence electrons. The van der Waals surface area contributed by atoms with Crippen LogP contribution in [0.5, 0.6) is 11.5 Å². The van der Waals surface area contributed by atoms with Crippen molar-refractivity contribution in [2.75, 3.05) is 6.79 Å². The molecule has 0 bridgehead atoms. The SMILES string of the molecule is Brc1ccc2nc(-c3ccco3)c(N=Cc3ccc4c(c3)OCO4)n2c1. The number of halogens is 1. The Kier molecular flexibility index (Phi) is 3.53. The second-order valence-electron chi connectivity index (χ2n) is 5.71. The first kappa shape index (κ1) is 15.2. The number of nitrogens with zero attached hydrogens (tertiary/aromatic N) is 3. The lowest BCUT2D eigenvalue weighted by atomic mass is 10.2. The highest BCUT2D eigenvalue weighted by Gasteiger charge is 2.16. The Labute approximate surface area is 156 Å². The van der Waals surface area contributed by atoms with E-state index in [1.807, 2.05) is 53.1 Å². The van der Waals surface area contributed by atoms with Crippen LogP contribution >= 0.6 is 15.9 Å². The molecule has 7 heteroatoms. The highest BCUT2D eigenvalue weighted by molar-refractivity contribution is 9.10. The first-order valence-electron chi connectivity index (χ1n) is 7.93. The first-order chi connectivity index (χ1) is 12.8. The summed E-state index contributed by atoms with van der Waals surface area (Å²) in [6.07, 6.45) is 5.33. The molecule has 26 heavy (non-hydrogen) atoms. The molecule has 0 N–H and O–H groups in total. The topological polar surface area (TPSA) is 61.3 Å². The third-order valence-electron chi connectivity index (χ3n) is 4.04. The zero-order chi connectivity index (χ0) is 17.5. The number of rotatable bonds is 3. The molecule has 3 aromatic heterocycles. The number of aliphatic imine (C=N–C) groups is 1. The maximum Gasteiger partial charge on any atom is 0.231 e. The molecule has 0 aliphatic carbocycles. The minimum absolute atomic E-state index is 0.250. The molecule has 4 aromatic rings. The summed E-state index contributed by atoms with van der Waals surface area (Å²) in [6, 6.07) is 13.3. The Bertz CT molecular complexity index is 1130. The number of pyridine rings is 1. The first-order valence-corrected chi connectivity index (χ1v) is 8.72. The zero-order valence-electron chi connectivity index (χ0n) is 13.4. The molecular weight excluding hydrogens is 398 g/mol. The Hall–Kier alpha value is -3.06. The monoisotopic (exact) mass is 409 g/mol. The van der Waals surface area contributed by atoms with Crippen molar-refractivity contribution in [1.29, 1.82) is 0 Å². The van der Waals surface area contributed by atoms with Gasteiger partial charge in [0, 0.05) is 16.9 Å². The van der Waals surface area contributed by atoms with E-state index in [0.29, 0.717) is 17.3 Å². The second kappa shape index (κ2) is 6.03. The average Bonchev–Trinajstić information content (AvgIpc) is 3.38. The number of hydrogen-bond donors (Lipinski definition) is 0. The summed E-state index contributed by atoms with van der Waals surface area (Å²) in [6.45, 7) is 0.250. The molecular formula is C19H12BrN3O3. The van der Waals surface area contributed by atoms with Crippen LogP contribution in [0.4, 0.5) is 5.82 Å². The summed E-state index contributed by atoms with van der Waals surface area (Å²) < 4.78 is 19.2. The molecule has 0 fully saturated rings. The van der Waals surface area contributed by atoms with Gasteiger partial charge in [-0.25, -0.2) is 9.98 Å². The zero-order valence-corrected chi connectivity index (χ0v) is 15.0. The lowest BCUT2D eigenvalue weighted by molar-refractivity contribution is 0.174. The lowest BCUT2D eigenvalue weighted by Crippen LogP contribution is -1.92. The van der Waals surface area contributed by atoms with Crippen molar-refractivity contribution in [3.8, 4) is 23.0 Å². The van der Waals surface area contributed by atoms with Gasteiger partial charge in [-0.15, -0.1) is 0 Å². The van der Waals surface area contributed by atoms with Crippen molar-refractivity contribution in [2.24, 2.45) is 4.99 Å². The molecule has 1 aliphatic heterocycles. The Balaban J connectivity index is 1.63. The van der Waals surface area contributed by atoms with E-state index >= 15 is 0 Å². The number of aromatic nitrogens is 2. The fraction of sp³-hybridized carbons (Fsp3) is 0.0526. The molecule has 0 radical (unpaired) electrons. The minimum Gasteiger partial charge on any atom is -0.463 e. The van der Waals surface area contributed by atoms with Gasteiger partial charge in [0.05, 0.1) is 6.26 Å². The second-order valence-corrected chi connectivity index (χ2v) is 6.62. The molecule has 5 rings (SSSR count). The fourth-order valence-corrected chi connectivity index (χ4v) is 3.17. The summed E-state index contributed by atoms with van der Waals surface area (Å²) >= 11 is 3.50. The van der Waals surface area contributed by atoms with Gasteiger partial charge in [0.2, 0.25) is 6.79 Å². The number of benzene rings is 1. The van der Waals surface area contributed by atoms with E-state index in [-0.39, 0.29) is 6.79 Å². The van der Waals surface area contributed by atoms with Gasteiger partial charge in [-0.3, -0.25) is 4.40 Å². The molecule has 1 aromatic carbocycles. The summed E-state index contributed by atoms with van der Waals surface area (Å²) in [7, 11) is 0. The summed E-state index contributed by atoms with van der Waals surface area (Å²) in [5.41, 5.74) is 2.38. The Morgan fingerprint density at radius 2 is 2.04 bits per heavy atom. The molecule has 0 atom stereocenters. The van der Waals surface area contributed by atoms with Crippen LogP contribution in [0.3, 0.4) is 0 Å². The predicted octanol–water partition coefficient (Wildman–Crippen LogP) is 4.84. The van der Waals surface area contributed by atoms with E-state index in [0.717, 1.165) is 27.2 Å². The van der Waals surface area contributed by atoms with E-state index in [4.69, 9.17) is 13.9 Å². The van der Waals surface area contributed by atoms with Crippen molar-refractivity contribution in [3.05, 3.63) is 65.0 Å². The molecule has 0 amide bonds. The van der Waals surface area contributed by atoms with Crippen molar-refractivity contribution in [3.63, 3.8) is 0 Å². The number of fused-ring (bicyclic) bond motifs is 2. The van der Waals surface area contributed by atoms with E-state index < -0.39 is 0 Å². The molecule has 6 nitrogen and oxygen atoms in total. The highest BCUT2D eigenvalue weighted by atomic mass is 79.9. The average molecular weight is 410 g/mol. The van der Waals surface area contributed by atoms with Crippen LogP contribution in [0.1, 0.15) is 5.56 Å². The Morgan fingerprint density at radius 1 is 1.12 bits per heavy atom. The predicted molar refractivity (Wildman–Crippen MR) is 100 cm³/mol. The van der Waals surface area contributed by atoms with Crippen LogP contribution in [0, 0.1) is 0 Å². The number of furan rings is 1. The van der Waals surface area contributed by atoms with E-state index in [1.54, 1.807) is 12.5 Å². The Morgan fingerprint density at radius 3 is 2.92 bits per heavy atom. The standard InChI is InChI=1S/C19H12BrN3O3/c20-13-4-6-17-22-18(15-2-1-7-24-15)19(23(17)10-13)21-9-12-3-5-14-16(8-12)26-11-25-14/h1-10H,11H2. The van der Waals surface area contributed by atoms with Crippen molar-refractivity contribution in [2.45, 2.75) is 0 Å². The van der Waals surface area contributed by atoms with E-state index in [2.05, 4.69) is 25.9 Å². The van der Waals surface area contributed by atoms with Gasteiger partial charge >= 0.3 is 0 Å². The van der Waals surface area contributed by atoms with Gasteiger partial charge in [0.15, 0.2) is 28.8 Å². The number of ether oxygens (including phenoxy) is 2. The molecule has 0 unspecified atom stereocenters. The summed E-state index contributed by atoms with van der Waals surface area (Å²) in [5.74, 6) is 2.83. The normalized spacial score (nSPS) is 13.1. The van der Waals surface area contributed by atoms with Gasteiger partial charge < -0.3 is 13.9 Å². The summed E-state index contributed by atoms with van der Waals surface area (Å²) in [5, 5.41) is 0. The van der Waals surface area contributed by atoms with Gasteiger partial charge in [0.1, 0.15) is 5.65 Å². The maximum absolute atomic E-state index is 5.53. The van der Waals surface area contributed by atoms with Crippen LogP contribution in [0.25, 0.3) is 17.1 Å². The van der Waals surface area contributed by atoms with Gasteiger partial charge in [-0.2, -0.15) is 0 Å². The number of imidazole rings is 1. The molecule has 4 heterocycles. The van der Waals surface area contributed by atoms with Crippen molar-refractivity contribution >= 4 is 33.6 Å². The van der Waals surface area contributed by atoms with E-state index in [1.165, 1.54) is 0 Å². The van der Waals surface area contributed by atoms with Crippen LogP contribution < -0.4 is 9.47 Å². The third-order valence-corrected chi connectivity index (χ3v) is 4.51. The molecule has 0 saturated carbocycles. The van der Waals surface area contributed by atoms with Crippen LogP contribution in [-0.4, -0.2) is 22.4 Å². The quantitative estimate of drug-likeness (QED) is 0.454. The largest absolute Gasteiger partial charge is 0.463 e. The maximum atomic E-state index is 5.53. The fourth-order valence-electron chi connectivity index (χ4n) is 2.84. The molecule has 0 saturated heterocycles. The molecule has 0 spiro atoms. The van der Waals surface area contributed by atoms with Gasteiger partial charge in [-0.1, -0.05) is 0 Å². The van der Waals surface area contributed by atoms with Crippen LogP contribution in [0.15, 0.2) is 68.8 Å². The van der Waals surface area contributed by atoms with Crippen molar-refractivity contribution < 1.29 is 13.9 Å². The van der Waals surface area contributed by atoms with Crippen LogP contribution in [-0.2, 0) is 0 Å². The van der Waals surface area contributed by atoms with Crippen LogP contribution in [0.2, 0.25) is 0 Å². The van der Waals surface area contributed by atoms with Gasteiger partial charge in [0.25, 0.3) is 0 Å². The summed E-state index contributed by atoms with van der Waals surface area (Å²) in [4.78, 5) is 9.34. The van der Waals surface area contributed by atoms with E-state index in [9.17, 15) is 0 Å². The van der Waals surface area contributed by atoms with Gasteiger partial charge in [-0.05, 0) is 64.0 Å². The minimum atomic E-state index is 0.250. The molecule has 1 aliphatic rings. The lowest BCUT2D eigenvalue weighted by Gasteiger charge is -2.00.